The van der Waals surface area contributed by atoms with Gasteiger partial charge >= 0.3 is 0 Å². The van der Waals surface area contributed by atoms with Crippen molar-refractivity contribution in [1.29, 1.82) is 0 Å². The summed E-state index contributed by atoms with van der Waals surface area (Å²) in [4.78, 5) is 15.2. The van der Waals surface area contributed by atoms with E-state index in [-0.39, 0.29) is 11.8 Å². The molecule has 1 aliphatic rings. The van der Waals surface area contributed by atoms with Crippen molar-refractivity contribution in [3.05, 3.63) is 72.1 Å². The molecule has 0 spiro atoms. The Morgan fingerprint density at radius 3 is 2.67 bits per heavy atom. The summed E-state index contributed by atoms with van der Waals surface area (Å²) < 4.78 is 7.39. The molecule has 6 nitrogen and oxygen atoms in total. The molecule has 1 aromatic heterocycles. The Hall–Kier alpha value is -3.12. The molecule has 1 N–H and O–H groups in total. The third-order valence-electron chi connectivity index (χ3n) is 5.62. The number of hydrogen-bond donors (Lipinski definition) is 1. The fourth-order valence-corrected chi connectivity index (χ4v) is 4.17. The van der Waals surface area contributed by atoms with E-state index in [2.05, 4.69) is 33.5 Å². The number of ether oxygens (including phenoxy) is 1. The van der Waals surface area contributed by atoms with E-state index >= 15 is 0 Å². The SMILES string of the molecule is COc1ccccc1-c1ccccc1C[C@H]1CN(Cc2cnn(C)c2)CCNC1=O. The molecule has 3 aromatic rings. The van der Waals surface area contributed by atoms with Gasteiger partial charge in [0.1, 0.15) is 5.75 Å². The second-order valence-corrected chi connectivity index (χ2v) is 7.81. The standard InChI is InChI=1S/C24H28N4O2/c1-27-15-18(14-26-27)16-28-12-11-25-24(29)20(17-28)13-19-7-3-4-8-21(19)22-9-5-6-10-23(22)30-2/h3-10,14-15,20H,11-13,16-17H2,1-2H3,(H,25,29)/t20-/m0/s1. The van der Waals surface area contributed by atoms with Crippen molar-refractivity contribution >= 4 is 5.91 Å². The minimum absolute atomic E-state index is 0.111. The topological polar surface area (TPSA) is 59.4 Å². The molecule has 2 heterocycles. The van der Waals surface area contributed by atoms with Gasteiger partial charge in [0.2, 0.25) is 5.91 Å². The first kappa shape index (κ1) is 20.2. The summed E-state index contributed by atoms with van der Waals surface area (Å²) in [7, 11) is 3.62. The highest BCUT2D eigenvalue weighted by Crippen LogP contribution is 2.33. The maximum Gasteiger partial charge on any atom is 0.224 e. The van der Waals surface area contributed by atoms with Gasteiger partial charge in [-0.25, -0.2) is 0 Å². The number of amides is 1. The van der Waals surface area contributed by atoms with Crippen molar-refractivity contribution in [1.82, 2.24) is 20.0 Å². The Morgan fingerprint density at radius 1 is 1.13 bits per heavy atom. The normalized spacial score (nSPS) is 17.4. The summed E-state index contributed by atoms with van der Waals surface area (Å²) in [6, 6.07) is 16.3. The quantitative estimate of drug-likeness (QED) is 0.686. The van der Waals surface area contributed by atoms with E-state index in [1.54, 1.807) is 7.11 Å². The molecule has 2 aromatic carbocycles. The lowest BCUT2D eigenvalue weighted by Gasteiger charge is -2.23. The minimum atomic E-state index is -0.111. The zero-order valence-electron chi connectivity index (χ0n) is 17.5. The predicted molar refractivity (Wildman–Crippen MR) is 117 cm³/mol. The number of carbonyl (C=O) groups is 1. The van der Waals surface area contributed by atoms with Crippen LogP contribution in [0.1, 0.15) is 11.1 Å². The Morgan fingerprint density at radius 2 is 1.90 bits per heavy atom. The highest BCUT2D eigenvalue weighted by Gasteiger charge is 2.26. The molecule has 0 bridgehead atoms. The van der Waals surface area contributed by atoms with E-state index in [1.807, 2.05) is 54.5 Å². The number of para-hydroxylation sites is 1. The number of rotatable bonds is 6. The van der Waals surface area contributed by atoms with Gasteiger partial charge in [0.25, 0.3) is 0 Å². The second kappa shape index (κ2) is 9.13. The molecular weight excluding hydrogens is 376 g/mol. The van der Waals surface area contributed by atoms with E-state index < -0.39 is 0 Å². The molecule has 1 amide bonds. The Balaban J connectivity index is 1.57. The second-order valence-electron chi connectivity index (χ2n) is 7.81. The van der Waals surface area contributed by atoms with Crippen molar-refractivity contribution in [3.63, 3.8) is 0 Å². The Kier molecular flexibility index (Phi) is 6.14. The minimum Gasteiger partial charge on any atom is -0.496 e. The van der Waals surface area contributed by atoms with Crippen LogP contribution in [0.15, 0.2) is 60.9 Å². The van der Waals surface area contributed by atoms with E-state index in [1.165, 1.54) is 5.56 Å². The molecule has 0 aliphatic carbocycles. The van der Waals surface area contributed by atoms with Crippen LogP contribution in [0.4, 0.5) is 0 Å². The molecule has 4 rings (SSSR count). The smallest absolute Gasteiger partial charge is 0.224 e. The number of nitrogens with one attached hydrogen (secondary N) is 1. The highest BCUT2D eigenvalue weighted by molar-refractivity contribution is 5.80. The van der Waals surface area contributed by atoms with Gasteiger partial charge in [-0.1, -0.05) is 42.5 Å². The Bertz CT molecular complexity index is 1010. The highest BCUT2D eigenvalue weighted by atomic mass is 16.5. The van der Waals surface area contributed by atoms with Gasteiger partial charge in [-0.15, -0.1) is 0 Å². The molecule has 0 saturated carbocycles. The summed E-state index contributed by atoms with van der Waals surface area (Å²) >= 11 is 0. The Labute approximate surface area is 177 Å². The predicted octanol–water partition coefficient (Wildman–Crippen LogP) is 2.89. The average Bonchev–Trinajstić information content (AvgIpc) is 3.09. The number of aromatic nitrogens is 2. The van der Waals surface area contributed by atoms with Crippen LogP contribution < -0.4 is 10.1 Å². The van der Waals surface area contributed by atoms with E-state index in [9.17, 15) is 4.79 Å². The van der Waals surface area contributed by atoms with Crippen LogP contribution in [0.25, 0.3) is 11.1 Å². The van der Waals surface area contributed by atoms with Crippen molar-refractivity contribution in [3.8, 4) is 16.9 Å². The summed E-state index contributed by atoms with van der Waals surface area (Å²) in [5, 5.41) is 7.36. The van der Waals surface area contributed by atoms with E-state index in [0.29, 0.717) is 13.0 Å². The van der Waals surface area contributed by atoms with Gasteiger partial charge in [-0.3, -0.25) is 14.4 Å². The van der Waals surface area contributed by atoms with Gasteiger partial charge in [0.05, 0.1) is 19.2 Å². The van der Waals surface area contributed by atoms with Crippen LogP contribution in [0.5, 0.6) is 5.75 Å². The van der Waals surface area contributed by atoms with Crippen LogP contribution in [0, 0.1) is 5.92 Å². The fraction of sp³-hybridized carbons (Fsp3) is 0.333. The summed E-state index contributed by atoms with van der Waals surface area (Å²) in [6.07, 6.45) is 4.61. The largest absolute Gasteiger partial charge is 0.496 e. The molecule has 1 saturated heterocycles. The number of carbonyl (C=O) groups excluding carboxylic acids is 1. The van der Waals surface area contributed by atoms with Crippen LogP contribution in [-0.4, -0.2) is 47.3 Å². The summed E-state index contributed by atoms with van der Waals surface area (Å²) in [6.45, 7) is 3.03. The van der Waals surface area contributed by atoms with Gasteiger partial charge < -0.3 is 10.1 Å². The lowest BCUT2D eigenvalue weighted by Crippen LogP contribution is -2.33. The van der Waals surface area contributed by atoms with Crippen molar-refractivity contribution in [2.45, 2.75) is 13.0 Å². The van der Waals surface area contributed by atoms with Crippen LogP contribution in [0.3, 0.4) is 0 Å². The van der Waals surface area contributed by atoms with Gasteiger partial charge in [0, 0.05) is 50.6 Å². The van der Waals surface area contributed by atoms with Crippen molar-refractivity contribution in [2.75, 3.05) is 26.7 Å². The molecule has 156 valence electrons. The first-order valence-electron chi connectivity index (χ1n) is 10.3. The van der Waals surface area contributed by atoms with Crippen molar-refractivity contribution < 1.29 is 9.53 Å². The summed E-state index contributed by atoms with van der Waals surface area (Å²) in [5.41, 5.74) is 4.49. The van der Waals surface area contributed by atoms with Crippen LogP contribution in [0.2, 0.25) is 0 Å². The zero-order valence-corrected chi connectivity index (χ0v) is 17.5. The fourth-order valence-electron chi connectivity index (χ4n) is 4.17. The number of nitrogens with zero attached hydrogens (tertiary/aromatic N) is 3. The third-order valence-corrected chi connectivity index (χ3v) is 5.62. The molecule has 30 heavy (non-hydrogen) atoms. The number of hydrogen-bond acceptors (Lipinski definition) is 4. The van der Waals surface area contributed by atoms with Crippen LogP contribution >= 0.6 is 0 Å². The first-order valence-corrected chi connectivity index (χ1v) is 10.3. The maximum atomic E-state index is 12.8. The van der Waals surface area contributed by atoms with E-state index in [4.69, 9.17) is 4.74 Å². The molecule has 6 heteroatoms. The van der Waals surface area contributed by atoms with E-state index in [0.717, 1.165) is 42.1 Å². The van der Waals surface area contributed by atoms with Gasteiger partial charge in [-0.2, -0.15) is 5.10 Å². The molecule has 0 unspecified atom stereocenters. The summed E-state index contributed by atoms with van der Waals surface area (Å²) in [5.74, 6) is 0.854. The third kappa shape index (κ3) is 4.54. The number of methoxy groups -OCH3 is 1. The molecule has 1 atom stereocenters. The first-order chi connectivity index (χ1) is 14.6. The maximum absolute atomic E-state index is 12.8. The lowest BCUT2D eigenvalue weighted by atomic mass is 9.91. The van der Waals surface area contributed by atoms with Gasteiger partial charge in [0.15, 0.2) is 0 Å². The molecule has 1 fully saturated rings. The molecule has 1 aliphatic heterocycles. The molecule has 0 radical (unpaired) electrons. The lowest BCUT2D eigenvalue weighted by molar-refractivity contribution is -0.124. The van der Waals surface area contributed by atoms with Crippen LogP contribution in [-0.2, 0) is 24.8 Å². The average molecular weight is 405 g/mol. The van der Waals surface area contributed by atoms with Crippen molar-refractivity contribution in [2.24, 2.45) is 13.0 Å². The zero-order chi connectivity index (χ0) is 20.9. The number of aryl methyl sites for hydroxylation is 1. The molecular formula is C24H28N4O2. The monoisotopic (exact) mass is 404 g/mol. The number of benzene rings is 2. The van der Waals surface area contributed by atoms with Gasteiger partial charge in [-0.05, 0) is 23.6 Å².